The maximum absolute atomic E-state index is 12.2. The number of carbonyl (C=O) groups is 3. The number of hydrogen-bond acceptors (Lipinski definition) is 3. The number of carboxylic acids is 1. The molecule has 2 atom stereocenters. The fourth-order valence-electron chi connectivity index (χ4n) is 2.63. The zero-order valence-corrected chi connectivity index (χ0v) is 10.5. The fraction of sp³-hybridized carbons (Fsp3) is 0.750. The van der Waals surface area contributed by atoms with Gasteiger partial charge in [0.05, 0.1) is 12.5 Å². The lowest BCUT2D eigenvalue weighted by atomic mass is 10.0. The molecule has 1 saturated heterocycles. The minimum absolute atomic E-state index is 0.0534. The third-order valence-electron chi connectivity index (χ3n) is 3.90. The average Bonchev–Trinajstić information content (AvgIpc) is 2.81. The van der Waals surface area contributed by atoms with Crippen molar-refractivity contribution in [3.63, 3.8) is 0 Å². The van der Waals surface area contributed by atoms with Gasteiger partial charge >= 0.3 is 5.97 Å². The van der Waals surface area contributed by atoms with Gasteiger partial charge in [0.1, 0.15) is 0 Å². The number of hydrogen-bond donors (Lipinski definition) is 1. The van der Waals surface area contributed by atoms with Crippen LogP contribution in [-0.4, -0.2) is 59.4 Å². The average molecular weight is 254 g/mol. The Morgan fingerprint density at radius 3 is 2.44 bits per heavy atom. The quantitative estimate of drug-likeness (QED) is 0.739. The predicted molar refractivity (Wildman–Crippen MR) is 62.7 cm³/mol. The molecule has 1 saturated carbocycles. The second-order valence-corrected chi connectivity index (χ2v) is 5.12. The molecule has 0 aromatic carbocycles. The van der Waals surface area contributed by atoms with E-state index in [0.717, 1.165) is 0 Å². The first kappa shape index (κ1) is 12.9. The molecule has 2 aliphatic rings. The first-order chi connectivity index (χ1) is 8.49. The predicted octanol–water partition coefficient (Wildman–Crippen LogP) is -0.212. The summed E-state index contributed by atoms with van der Waals surface area (Å²) in [5.41, 5.74) is 0. The van der Waals surface area contributed by atoms with Gasteiger partial charge in [-0.3, -0.25) is 14.4 Å². The molecule has 0 bridgehead atoms. The summed E-state index contributed by atoms with van der Waals surface area (Å²) < 4.78 is 0. The van der Waals surface area contributed by atoms with E-state index in [1.54, 1.807) is 16.8 Å². The van der Waals surface area contributed by atoms with Crippen LogP contribution in [0.2, 0.25) is 0 Å². The van der Waals surface area contributed by atoms with Crippen molar-refractivity contribution < 1.29 is 19.5 Å². The molecule has 0 radical (unpaired) electrons. The summed E-state index contributed by atoms with van der Waals surface area (Å²) >= 11 is 0. The van der Waals surface area contributed by atoms with Crippen LogP contribution < -0.4 is 0 Å². The lowest BCUT2D eigenvalue weighted by molar-refractivity contribution is -0.147. The Balaban J connectivity index is 1.92. The van der Waals surface area contributed by atoms with Gasteiger partial charge in [0.2, 0.25) is 11.8 Å². The summed E-state index contributed by atoms with van der Waals surface area (Å²) in [6, 6.07) is 0. The molecular formula is C12H18N2O4. The van der Waals surface area contributed by atoms with E-state index in [-0.39, 0.29) is 24.3 Å². The Labute approximate surface area is 106 Å². The van der Waals surface area contributed by atoms with E-state index < -0.39 is 11.9 Å². The third-order valence-corrected chi connectivity index (χ3v) is 3.90. The number of aliphatic carboxylic acids is 1. The molecule has 1 aliphatic heterocycles. The molecule has 2 rings (SSSR count). The van der Waals surface area contributed by atoms with Crippen molar-refractivity contribution in [3.05, 3.63) is 0 Å². The molecule has 0 aromatic rings. The Bertz CT molecular complexity index is 382. The zero-order valence-electron chi connectivity index (χ0n) is 10.5. The molecule has 6 heteroatoms. The Morgan fingerprint density at radius 1 is 1.22 bits per heavy atom. The van der Waals surface area contributed by atoms with E-state index in [4.69, 9.17) is 5.11 Å². The van der Waals surface area contributed by atoms with Crippen molar-refractivity contribution in [2.24, 2.45) is 11.8 Å². The standard InChI is InChI=1S/C12H18N2O4/c1-13-4-5-14(7-10(13)15)11(16)8-2-3-9(6-8)12(17)18/h8-9H,2-7H2,1H3,(H,17,18)/t8-,9+/m1/s1. The molecular weight excluding hydrogens is 236 g/mol. The van der Waals surface area contributed by atoms with Crippen LogP contribution >= 0.6 is 0 Å². The first-order valence-corrected chi connectivity index (χ1v) is 6.24. The van der Waals surface area contributed by atoms with Gasteiger partial charge in [0.15, 0.2) is 0 Å². The Morgan fingerprint density at radius 2 is 1.89 bits per heavy atom. The van der Waals surface area contributed by atoms with Gasteiger partial charge in [-0.1, -0.05) is 0 Å². The Hall–Kier alpha value is -1.59. The molecule has 6 nitrogen and oxygen atoms in total. The summed E-state index contributed by atoms with van der Waals surface area (Å²) in [6.07, 6.45) is 1.60. The van der Waals surface area contributed by atoms with Crippen LogP contribution in [0, 0.1) is 11.8 Å². The second-order valence-electron chi connectivity index (χ2n) is 5.12. The van der Waals surface area contributed by atoms with Gasteiger partial charge in [-0.05, 0) is 19.3 Å². The molecule has 2 amide bonds. The lowest BCUT2D eigenvalue weighted by Gasteiger charge is -2.33. The molecule has 1 aliphatic carbocycles. The minimum atomic E-state index is -0.820. The monoisotopic (exact) mass is 254 g/mol. The fourth-order valence-corrected chi connectivity index (χ4v) is 2.63. The summed E-state index contributed by atoms with van der Waals surface area (Å²) in [4.78, 5) is 37.7. The largest absolute Gasteiger partial charge is 0.481 e. The van der Waals surface area contributed by atoms with Crippen molar-refractivity contribution in [1.82, 2.24) is 9.80 Å². The van der Waals surface area contributed by atoms with E-state index >= 15 is 0 Å². The van der Waals surface area contributed by atoms with Crippen molar-refractivity contribution >= 4 is 17.8 Å². The molecule has 1 N–H and O–H groups in total. The van der Waals surface area contributed by atoms with Crippen molar-refractivity contribution in [2.45, 2.75) is 19.3 Å². The number of amides is 2. The summed E-state index contributed by atoms with van der Waals surface area (Å²) in [7, 11) is 1.72. The summed E-state index contributed by atoms with van der Waals surface area (Å²) in [6.45, 7) is 1.23. The topological polar surface area (TPSA) is 77.9 Å². The smallest absolute Gasteiger partial charge is 0.306 e. The maximum atomic E-state index is 12.2. The number of carboxylic acid groups (broad SMARTS) is 1. The van der Waals surface area contributed by atoms with Gasteiger partial charge in [-0.25, -0.2) is 0 Å². The van der Waals surface area contributed by atoms with Gasteiger partial charge in [0, 0.05) is 26.1 Å². The molecule has 0 unspecified atom stereocenters. The van der Waals surface area contributed by atoms with Crippen LogP contribution in [0.3, 0.4) is 0 Å². The van der Waals surface area contributed by atoms with E-state index in [1.807, 2.05) is 0 Å². The van der Waals surface area contributed by atoms with Crippen LogP contribution in [0.5, 0.6) is 0 Å². The molecule has 100 valence electrons. The van der Waals surface area contributed by atoms with Crippen LogP contribution in [0.15, 0.2) is 0 Å². The van der Waals surface area contributed by atoms with E-state index in [0.29, 0.717) is 32.4 Å². The number of carbonyl (C=O) groups excluding carboxylic acids is 2. The van der Waals surface area contributed by atoms with Gasteiger partial charge < -0.3 is 14.9 Å². The zero-order chi connectivity index (χ0) is 13.3. The van der Waals surface area contributed by atoms with Crippen molar-refractivity contribution in [1.29, 1.82) is 0 Å². The van der Waals surface area contributed by atoms with Gasteiger partial charge in [0.25, 0.3) is 0 Å². The van der Waals surface area contributed by atoms with E-state index in [9.17, 15) is 14.4 Å². The molecule has 0 spiro atoms. The van der Waals surface area contributed by atoms with E-state index in [1.165, 1.54) is 0 Å². The highest BCUT2D eigenvalue weighted by atomic mass is 16.4. The number of nitrogens with zero attached hydrogens (tertiary/aromatic N) is 2. The van der Waals surface area contributed by atoms with Crippen LogP contribution in [0.25, 0.3) is 0 Å². The van der Waals surface area contributed by atoms with Gasteiger partial charge in [-0.2, -0.15) is 0 Å². The summed E-state index contributed by atoms with van der Waals surface area (Å²) in [5.74, 6) is -1.55. The number of rotatable bonds is 2. The van der Waals surface area contributed by atoms with Crippen LogP contribution in [-0.2, 0) is 14.4 Å². The highest BCUT2D eigenvalue weighted by Gasteiger charge is 2.37. The normalized spacial score (nSPS) is 28.6. The maximum Gasteiger partial charge on any atom is 0.306 e. The van der Waals surface area contributed by atoms with E-state index in [2.05, 4.69) is 0 Å². The highest BCUT2D eigenvalue weighted by molar-refractivity contribution is 5.87. The van der Waals surface area contributed by atoms with Crippen molar-refractivity contribution in [3.8, 4) is 0 Å². The molecule has 1 heterocycles. The third kappa shape index (κ3) is 2.47. The molecule has 2 fully saturated rings. The lowest BCUT2D eigenvalue weighted by Crippen LogP contribution is -2.52. The highest BCUT2D eigenvalue weighted by Crippen LogP contribution is 2.32. The molecule has 0 aromatic heterocycles. The van der Waals surface area contributed by atoms with Gasteiger partial charge in [-0.15, -0.1) is 0 Å². The summed E-state index contributed by atoms with van der Waals surface area (Å²) in [5, 5.41) is 8.91. The SMILES string of the molecule is CN1CCN(C(=O)[C@@H]2CC[C@H](C(=O)O)C2)CC1=O. The minimum Gasteiger partial charge on any atom is -0.481 e. The second kappa shape index (κ2) is 4.96. The number of piperazine rings is 1. The van der Waals surface area contributed by atoms with Crippen LogP contribution in [0.1, 0.15) is 19.3 Å². The Kier molecular flexibility index (Phi) is 3.54. The van der Waals surface area contributed by atoms with Crippen LogP contribution in [0.4, 0.5) is 0 Å². The molecule has 18 heavy (non-hydrogen) atoms. The first-order valence-electron chi connectivity index (χ1n) is 6.24. The number of likely N-dealkylation sites (N-methyl/N-ethyl adjacent to an activating group) is 1. The van der Waals surface area contributed by atoms with Crippen molar-refractivity contribution in [2.75, 3.05) is 26.7 Å².